The number of amides is 1. The molecule has 0 saturated heterocycles. The maximum Gasteiger partial charge on any atom is 0.224 e. The molecule has 16 heavy (non-hydrogen) atoms. The van der Waals surface area contributed by atoms with E-state index >= 15 is 0 Å². The Kier molecular flexibility index (Phi) is 5.26. The van der Waals surface area contributed by atoms with Crippen LogP contribution in [-0.4, -0.2) is 11.6 Å². The molecule has 1 radical (unpaired) electrons. The van der Waals surface area contributed by atoms with Crippen LogP contribution in [-0.2, 0) is 4.79 Å². The van der Waals surface area contributed by atoms with Crippen molar-refractivity contribution >= 4 is 17.3 Å². The van der Waals surface area contributed by atoms with Gasteiger partial charge in [-0.2, -0.15) is 0 Å². The van der Waals surface area contributed by atoms with Crippen LogP contribution in [0.3, 0.4) is 0 Å². The Morgan fingerprint density at radius 1 is 1.31 bits per heavy atom. The molecule has 1 amide bonds. The summed E-state index contributed by atoms with van der Waals surface area (Å²) in [5.74, 6) is -0.0351. The Labute approximate surface area is 96.4 Å². The van der Waals surface area contributed by atoms with E-state index in [2.05, 4.69) is 11.4 Å². The lowest BCUT2D eigenvalue weighted by atomic mass is 10.1. The Hall–Kier alpha value is -1.64. The Morgan fingerprint density at radius 2 is 2.00 bits per heavy atom. The minimum absolute atomic E-state index is 0.0351. The predicted molar refractivity (Wildman–Crippen MR) is 65.8 cm³/mol. The molecule has 3 heteroatoms. The third kappa shape index (κ3) is 4.73. The van der Waals surface area contributed by atoms with E-state index in [4.69, 9.17) is 5.41 Å². The van der Waals surface area contributed by atoms with Gasteiger partial charge in [-0.1, -0.05) is 25.5 Å². The first-order valence-electron chi connectivity index (χ1n) is 5.54. The second kappa shape index (κ2) is 6.77. The molecule has 0 aromatic heterocycles. The van der Waals surface area contributed by atoms with Crippen LogP contribution >= 0.6 is 0 Å². The van der Waals surface area contributed by atoms with Crippen LogP contribution in [0.5, 0.6) is 0 Å². The quantitative estimate of drug-likeness (QED) is 0.707. The summed E-state index contributed by atoms with van der Waals surface area (Å²) in [4.78, 5) is 11.5. The molecular formula is C13H17N2O. The fourth-order valence-electron chi connectivity index (χ4n) is 1.38. The molecule has 1 aromatic carbocycles. The molecule has 0 fully saturated rings. The molecular weight excluding hydrogens is 200 g/mol. The van der Waals surface area contributed by atoms with E-state index < -0.39 is 0 Å². The van der Waals surface area contributed by atoms with Gasteiger partial charge in [-0.3, -0.25) is 4.79 Å². The zero-order valence-electron chi connectivity index (χ0n) is 9.55. The summed E-state index contributed by atoms with van der Waals surface area (Å²) in [7, 11) is 0. The number of carbonyl (C=O) groups excluding carboxylic acids is 1. The van der Waals surface area contributed by atoms with Crippen molar-refractivity contribution in [1.82, 2.24) is 0 Å². The summed E-state index contributed by atoms with van der Waals surface area (Å²) in [5.41, 5.74) is 1.44. The Morgan fingerprint density at radius 3 is 2.62 bits per heavy atom. The third-order valence-electron chi connectivity index (χ3n) is 2.21. The molecule has 0 aliphatic carbocycles. The molecule has 0 aliphatic rings. The number of hydrogen-bond acceptors (Lipinski definition) is 2. The molecule has 0 aliphatic heterocycles. The van der Waals surface area contributed by atoms with Crippen LogP contribution in [0.1, 0.15) is 32.6 Å². The van der Waals surface area contributed by atoms with Crippen molar-refractivity contribution in [2.24, 2.45) is 0 Å². The van der Waals surface area contributed by atoms with E-state index in [1.54, 1.807) is 24.3 Å². The highest BCUT2D eigenvalue weighted by Crippen LogP contribution is 2.06. The van der Waals surface area contributed by atoms with Crippen LogP contribution in [0.2, 0.25) is 0 Å². The lowest BCUT2D eigenvalue weighted by Crippen LogP contribution is -2.12. The van der Waals surface area contributed by atoms with Gasteiger partial charge in [-0.15, -0.1) is 0 Å². The van der Waals surface area contributed by atoms with E-state index in [1.807, 2.05) is 6.92 Å². The summed E-state index contributed by atoms with van der Waals surface area (Å²) in [6, 6.07) is 10.0. The first-order chi connectivity index (χ1) is 7.72. The standard InChI is InChI=1S/C13H17N2O/c1-2-6-11(14)9-10-13(16)15-12-7-4-3-5-8-12/h4-5,7-8,14H,2,6,9-10H2,1H3,(H,15,16). The van der Waals surface area contributed by atoms with E-state index in [0.717, 1.165) is 18.5 Å². The van der Waals surface area contributed by atoms with E-state index in [9.17, 15) is 4.79 Å². The highest BCUT2D eigenvalue weighted by molar-refractivity contribution is 5.94. The number of anilines is 1. The maximum absolute atomic E-state index is 11.5. The van der Waals surface area contributed by atoms with Gasteiger partial charge in [0.25, 0.3) is 0 Å². The SMILES string of the molecule is CCCC(=N)CCC(=O)Nc1cc[c]cc1. The number of carbonyl (C=O) groups is 1. The minimum atomic E-state index is -0.0351. The summed E-state index contributed by atoms with van der Waals surface area (Å²) in [5, 5.41) is 10.4. The van der Waals surface area contributed by atoms with Crippen LogP contribution in [0.25, 0.3) is 0 Å². The van der Waals surface area contributed by atoms with Gasteiger partial charge in [0.15, 0.2) is 0 Å². The van der Waals surface area contributed by atoms with Crippen molar-refractivity contribution in [2.45, 2.75) is 32.6 Å². The van der Waals surface area contributed by atoms with Crippen molar-refractivity contribution in [1.29, 1.82) is 5.41 Å². The van der Waals surface area contributed by atoms with Crippen LogP contribution in [0.15, 0.2) is 24.3 Å². The Balaban J connectivity index is 2.29. The predicted octanol–water partition coefficient (Wildman–Crippen LogP) is 3.03. The molecule has 2 N–H and O–H groups in total. The average molecular weight is 217 g/mol. The van der Waals surface area contributed by atoms with Gasteiger partial charge in [0, 0.05) is 17.8 Å². The van der Waals surface area contributed by atoms with Gasteiger partial charge >= 0.3 is 0 Å². The monoisotopic (exact) mass is 217 g/mol. The second-order valence-corrected chi connectivity index (χ2v) is 3.69. The number of benzene rings is 1. The number of hydrogen-bond donors (Lipinski definition) is 2. The highest BCUT2D eigenvalue weighted by Gasteiger charge is 2.03. The van der Waals surface area contributed by atoms with Crippen molar-refractivity contribution in [3.63, 3.8) is 0 Å². The average Bonchev–Trinajstić information content (AvgIpc) is 2.28. The lowest BCUT2D eigenvalue weighted by Gasteiger charge is -2.05. The van der Waals surface area contributed by atoms with Crippen molar-refractivity contribution < 1.29 is 4.79 Å². The maximum atomic E-state index is 11.5. The summed E-state index contributed by atoms with van der Waals surface area (Å²) < 4.78 is 0. The van der Waals surface area contributed by atoms with Crippen molar-refractivity contribution in [3.05, 3.63) is 30.3 Å². The molecule has 0 atom stereocenters. The molecule has 0 spiro atoms. The first kappa shape index (κ1) is 12.4. The molecule has 1 aromatic rings. The summed E-state index contributed by atoms with van der Waals surface area (Å²) >= 11 is 0. The Bertz CT molecular complexity index is 346. The van der Waals surface area contributed by atoms with Crippen LogP contribution < -0.4 is 5.32 Å². The largest absolute Gasteiger partial charge is 0.326 e. The van der Waals surface area contributed by atoms with Gasteiger partial charge < -0.3 is 10.7 Å². The topological polar surface area (TPSA) is 53.0 Å². The van der Waals surface area contributed by atoms with Crippen LogP contribution in [0, 0.1) is 11.5 Å². The van der Waals surface area contributed by atoms with Crippen LogP contribution in [0.4, 0.5) is 5.69 Å². The van der Waals surface area contributed by atoms with E-state index in [0.29, 0.717) is 18.6 Å². The molecule has 3 nitrogen and oxygen atoms in total. The van der Waals surface area contributed by atoms with Gasteiger partial charge in [0.2, 0.25) is 5.91 Å². The third-order valence-corrected chi connectivity index (χ3v) is 2.21. The van der Waals surface area contributed by atoms with Gasteiger partial charge in [0.1, 0.15) is 0 Å². The van der Waals surface area contributed by atoms with E-state index in [1.165, 1.54) is 0 Å². The van der Waals surface area contributed by atoms with E-state index in [-0.39, 0.29) is 5.91 Å². The van der Waals surface area contributed by atoms with Crippen molar-refractivity contribution in [2.75, 3.05) is 5.32 Å². The fourth-order valence-corrected chi connectivity index (χ4v) is 1.38. The fraction of sp³-hybridized carbons (Fsp3) is 0.385. The summed E-state index contributed by atoms with van der Waals surface area (Å²) in [6.45, 7) is 2.04. The summed E-state index contributed by atoms with van der Waals surface area (Å²) in [6.07, 6.45) is 2.69. The number of nitrogens with one attached hydrogen (secondary N) is 2. The van der Waals surface area contributed by atoms with Crippen molar-refractivity contribution in [3.8, 4) is 0 Å². The first-order valence-corrected chi connectivity index (χ1v) is 5.54. The molecule has 0 bridgehead atoms. The van der Waals surface area contributed by atoms with Gasteiger partial charge in [-0.25, -0.2) is 0 Å². The highest BCUT2D eigenvalue weighted by atomic mass is 16.1. The zero-order chi connectivity index (χ0) is 11.8. The minimum Gasteiger partial charge on any atom is -0.326 e. The molecule has 0 heterocycles. The lowest BCUT2D eigenvalue weighted by molar-refractivity contribution is -0.116. The molecule has 0 unspecified atom stereocenters. The molecule has 0 saturated carbocycles. The second-order valence-electron chi connectivity index (χ2n) is 3.69. The number of rotatable bonds is 6. The molecule has 1 rings (SSSR count). The smallest absolute Gasteiger partial charge is 0.224 e. The van der Waals surface area contributed by atoms with Gasteiger partial charge in [0.05, 0.1) is 0 Å². The normalized spacial score (nSPS) is 9.81. The molecule has 85 valence electrons. The zero-order valence-corrected chi connectivity index (χ0v) is 9.55. The van der Waals surface area contributed by atoms with Gasteiger partial charge in [-0.05, 0) is 31.0 Å².